The Bertz CT molecular complexity index is 159. The molecule has 0 bridgehead atoms. The summed E-state index contributed by atoms with van der Waals surface area (Å²) in [6.07, 6.45) is 0.278. The van der Waals surface area contributed by atoms with Gasteiger partial charge >= 0.3 is 0 Å². The lowest BCUT2D eigenvalue weighted by atomic mass is 10.2. The summed E-state index contributed by atoms with van der Waals surface area (Å²) >= 11 is 0. The second kappa shape index (κ2) is 4.11. The Morgan fingerprint density at radius 1 is 1.31 bits per heavy atom. The van der Waals surface area contributed by atoms with Crippen molar-refractivity contribution >= 4 is 8.32 Å². The average Bonchev–Trinajstić information content (AvgIpc) is 1.83. The topological polar surface area (TPSA) is 29.5 Å². The summed E-state index contributed by atoms with van der Waals surface area (Å²) in [5.74, 6) is 0. The highest BCUT2D eigenvalue weighted by Gasteiger charge is 2.39. The molecule has 0 heterocycles. The molecular weight excluding hydrogens is 180 g/mol. The summed E-state index contributed by atoms with van der Waals surface area (Å²) in [5, 5.41) is 9.51. The molecule has 1 atom stereocenters. The van der Waals surface area contributed by atoms with Crippen molar-refractivity contribution in [2.45, 2.75) is 58.9 Å². The maximum atomic E-state index is 9.31. The Labute approximate surface area is 83.4 Å². The van der Waals surface area contributed by atoms with E-state index in [-0.39, 0.29) is 5.04 Å². The molecule has 0 aromatic heterocycles. The lowest BCUT2D eigenvalue weighted by Gasteiger charge is -2.38. The molecule has 0 rings (SSSR count). The molecule has 1 unspecified atom stereocenters. The van der Waals surface area contributed by atoms with Crippen LogP contribution in [0, 0.1) is 6.10 Å². The Kier molecular flexibility index (Phi) is 4.15. The third-order valence-corrected chi connectivity index (χ3v) is 7.26. The molecular formula is C10H23O2Si. The van der Waals surface area contributed by atoms with E-state index in [4.69, 9.17) is 4.43 Å². The Hall–Kier alpha value is 0.137. The molecule has 0 aliphatic carbocycles. The van der Waals surface area contributed by atoms with Crippen LogP contribution < -0.4 is 0 Å². The summed E-state index contributed by atoms with van der Waals surface area (Å²) in [7, 11) is -1.73. The molecule has 0 fully saturated rings. The Morgan fingerprint density at radius 3 is 1.92 bits per heavy atom. The molecule has 0 saturated carbocycles. The van der Waals surface area contributed by atoms with Gasteiger partial charge in [-0.05, 0) is 32.0 Å². The number of hydrogen-bond acceptors (Lipinski definition) is 2. The highest BCUT2D eigenvalue weighted by molar-refractivity contribution is 6.74. The minimum Gasteiger partial charge on any atom is -0.406 e. The van der Waals surface area contributed by atoms with Gasteiger partial charge in [0.25, 0.3) is 0 Å². The molecule has 0 aliphatic rings. The van der Waals surface area contributed by atoms with E-state index in [1.54, 1.807) is 6.92 Å². The predicted octanol–water partition coefficient (Wildman–Crippen LogP) is 2.94. The largest absolute Gasteiger partial charge is 0.406 e. The van der Waals surface area contributed by atoms with Crippen LogP contribution in [0.3, 0.4) is 0 Å². The van der Waals surface area contributed by atoms with Crippen molar-refractivity contribution in [3.8, 4) is 0 Å². The monoisotopic (exact) mass is 203 g/mol. The lowest BCUT2D eigenvalue weighted by molar-refractivity contribution is 0.123. The van der Waals surface area contributed by atoms with Crippen molar-refractivity contribution < 1.29 is 9.53 Å². The SMILES string of the molecule is C[C](O[Si](C)(C)C(C)(C)C)C(C)O. The van der Waals surface area contributed by atoms with Crippen LogP contribution in [0.4, 0.5) is 0 Å². The van der Waals surface area contributed by atoms with E-state index in [9.17, 15) is 5.11 Å². The molecule has 0 spiro atoms. The van der Waals surface area contributed by atoms with Crippen molar-refractivity contribution in [3.63, 3.8) is 0 Å². The normalized spacial score (nSPS) is 16.4. The second-order valence-electron chi connectivity index (χ2n) is 5.15. The molecule has 0 aromatic carbocycles. The second-order valence-corrected chi connectivity index (χ2v) is 9.87. The molecule has 1 N–H and O–H groups in total. The minimum atomic E-state index is -1.73. The van der Waals surface area contributed by atoms with E-state index in [0.717, 1.165) is 6.10 Å². The van der Waals surface area contributed by atoms with Crippen LogP contribution in [0.15, 0.2) is 0 Å². The van der Waals surface area contributed by atoms with Crippen LogP contribution in [0.2, 0.25) is 18.1 Å². The van der Waals surface area contributed by atoms with E-state index < -0.39 is 14.4 Å². The number of aliphatic hydroxyl groups excluding tert-OH is 1. The fourth-order valence-electron chi connectivity index (χ4n) is 0.641. The van der Waals surface area contributed by atoms with Gasteiger partial charge < -0.3 is 9.53 Å². The lowest BCUT2D eigenvalue weighted by Crippen LogP contribution is -2.43. The molecule has 0 amide bonds. The van der Waals surface area contributed by atoms with E-state index in [0.29, 0.717) is 0 Å². The van der Waals surface area contributed by atoms with E-state index >= 15 is 0 Å². The zero-order valence-electron chi connectivity index (χ0n) is 9.93. The van der Waals surface area contributed by atoms with Gasteiger partial charge in [0.2, 0.25) is 0 Å². The molecule has 0 aliphatic heterocycles. The van der Waals surface area contributed by atoms with Gasteiger partial charge in [-0.3, -0.25) is 0 Å². The van der Waals surface area contributed by atoms with Gasteiger partial charge in [-0.1, -0.05) is 20.8 Å². The van der Waals surface area contributed by atoms with Crippen molar-refractivity contribution in [2.24, 2.45) is 0 Å². The number of aliphatic hydroxyl groups is 1. The third-order valence-electron chi connectivity index (χ3n) is 2.81. The molecule has 0 saturated heterocycles. The van der Waals surface area contributed by atoms with Crippen molar-refractivity contribution in [2.75, 3.05) is 0 Å². The first-order chi connectivity index (χ1) is 5.58. The van der Waals surface area contributed by atoms with Gasteiger partial charge in [-0.25, -0.2) is 0 Å². The van der Waals surface area contributed by atoms with E-state index in [1.165, 1.54) is 0 Å². The fourth-order valence-corrected chi connectivity index (χ4v) is 1.92. The van der Waals surface area contributed by atoms with Gasteiger partial charge in [0.1, 0.15) is 6.10 Å². The van der Waals surface area contributed by atoms with E-state index in [1.807, 2.05) is 6.92 Å². The van der Waals surface area contributed by atoms with Crippen LogP contribution in [0.5, 0.6) is 0 Å². The Morgan fingerprint density at radius 2 is 1.69 bits per heavy atom. The van der Waals surface area contributed by atoms with Crippen molar-refractivity contribution in [1.29, 1.82) is 0 Å². The van der Waals surface area contributed by atoms with Crippen LogP contribution >= 0.6 is 0 Å². The van der Waals surface area contributed by atoms with Crippen LogP contribution in [-0.4, -0.2) is 19.5 Å². The predicted molar refractivity (Wildman–Crippen MR) is 58.9 cm³/mol. The van der Waals surface area contributed by atoms with Crippen molar-refractivity contribution in [3.05, 3.63) is 6.10 Å². The van der Waals surface area contributed by atoms with Gasteiger partial charge in [-0.15, -0.1) is 0 Å². The quantitative estimate of drug-likeness (QED) is 0.715. The zero-order chi connectivity index (χ0) is 10.9. The maximum Gasteiger partial charge on any atom is 0.193 e. The highest BCUT2D eigenvalue weighted by Crippen LogP contribution is 2.38. The fraction of sp³-hybridized carbons (Fsp3) is 0.900. The summed E-state index contributed by atoms with van der Waals surface area (Å²) in [4.78, 5) is 0. The average molecular weight is 203 g/mol. The summed E-state index contributed by atoms with van der Waals surface area (Å²) in [6, 6.07) is 0. The van der Waals surface area contributed by atoms with Crippen LogP contribution in [0.25, 0.3) is 0 Å². The number of hydrogen-bond donors (Lipinski definition) is 1. The number of rotatable bonds is 3. The zero-order valence-corrected chi connectivity index (χ0v) is 10.9. The molecule has 79 valence electrons. The smallest absolute Gasteiger partial charge is 0.193 e. The molecule has 2 nitrogen and oxygen atoms in total. The summed E-state index contributed by atoms with van der Waals surface area (Å²) in [5.41, 5.74) is 0. The highest BCUT2D eigenvalue weighted by atomic mass is 28.4. The van der Waals surface area contributed by atoms with Gasteiger partial charge in [-0.2, -0.15) is 0 Å². The van der Waals surface area contributed by atoms with Gasteiger partial charge in [0.15, 0.2) is 8.32 Å². The summed E-state index contributed by atoms with van der Waals surface area (Å²) in [6.45, 7) is 14.5. The minimum absolute atomic E-state index is 0.198. The standard InChI is InChI=1S/C10H23O2Si/c1-8(11)9(2)12-13(6,7)10(3,4)5/h8,11H,1-7H3. The third kappa shape index (κ3) is 3.79. The van der Waals surface area contributed by atoms with Gasteiger partial charge in [0, 0.05) is 0 Å². The Balaban J connectivity index is 4.34. The van der Waals surface area contributed by atoms with Gasteiger partial charge in [0.05, 0.1) is 6.10 Å². The molecule has 13 heavy (non-hydrogen) atoms. The molecule has 3 heteroatoms. The van der Waals surface area contributed by atoms with Crippen molar-refractivity contribution in [1.82, 2.24) is 0 Å². The van der Waals surface area contributed by atoms with Crippen LogP contribution in [0.1, 0.15) is 34.6 Å². The van der Waals surface area contributed by atoms with E-state index in [2.05, 4.69) is 33.9 Å². The van der Waals surface area contributed by atoms with Crippen LogP contribution in [-0.2, 0) is 4.43 Å². The summed E-state index contributed by atoms with van der Waals surface area (Å²) < 4.78 is 5.87. The first-order valence-corrected chi connectivity index (χ1v) is 7.69. The molecule has 0 aromatic rings. The molecule has 1 radical (unpaired) electrons. The maximum absolute atomic E-state index is 9.31. The first-order valence-electron chi connectivity index (χ1n) is 4.78. The first kappa shape index (κ1) is 13.1.